The fraction of sp³-hybridized carbons (Fsp3) is 0.333. The number of aromatic nitrogens is 1. The molecule has 1 N–H and O–H groups in total. The van der Waals surface area contributed by atoms with Crippen molar-refractivity contribution < 1.29 is 4.79 Å². The summed E-state index contributed by atoms with van der Waals surface area (Å²) in [5, 5.41) is 7.52. The van der Waals surface area contributed by atoms with Crippen molar-refractivity contribution in [3.05, 3.63) is 22.9 Å². The number of unbranched alkanes of at least 4 members (excludes halogenated alkanes) is 1. The van der Waals surface area contributed by atoms with E-state index >= 15 is 0 Å². The van der Waals surface area contributed by atoms with Crippen molar-refractivity contribution in [2.24, 2.45) is 0 Å². The Morgan fingerprint density at radius 2 is 2.35 bits per heavy atom. The summed E-state index contributed by atoms with van der Waals surface area (Å²) in [5.41, 5.74) is 0.941. The van der Waals surface area contributed by atoms with Gasteiger partial charge < -0.3 is 5.32 Å². The summed E-state index contributed by atoms with van der Waals surface area (Å²) in [6, 6.07) is 4.03. The molecule has 0 atom stereocenters. The number of thiazole rings is 1. The van der Waals surface area contributed by atoms with Crippen LogP contribution >= 0.6 is 22.7 Å². The third-order valence-electron chi connectivity index (χ3n) is 2.28. The van der Waals surface area contributed by atoms with E-state index in [2.05, 4.69) is 17.2 Å². The lowest BCUT2D eigenvalue weighted by Crippen LogP contribution is -2.10. The molecular formula is C12H14N2OS2. The smallest absolute Gasteiger partial charge is 0.226 e. The number of thiophene rings is 1. The Kier molecular flexibility index (Phi) is 4.28. The minimum Gasteiger partial charge on any atom is -0.302 e. The number of carbonyl (C=O) groups is 1. The molecule has 90 valence electrons. The van der Waals surface area contributed by atoms with E-state index in [1.54, 1.807) is 11.3 Å². The molecule has 17 heavy (non-hydrogen) atoms. The fourth-order valence-electron chi connectivity index (χ4n) is 1.39. The van der Waals surface area contributed by atoms with E-state index in [0.717, 1.165) is 23.4 Å². The van der Waals surface area contributed by atoms with Gasteiger partial charge >= 0.3 is 0 Å². The average molecular weight is 266 g/mol. The lowest BCUT2D eigenvalue weighted by Gasteiger charge is -1.99. The summed E-state index contributed by atoms with van der Waals surface area (Å²) >= 11 is 3.13. The van der Waals surface area contributed by atoms with Crippen molar-refractivity contribution in [3.8, 4) is 10.6 Å². The van der Waals surface area contributed by atoms with E-state index < -0.39 is 0 Å². The highest BCUT2D eigenvalue weighted by Crippen LogP contribution is 2.28. The number of nitrogens with zero attached hydrogens (tertiary/aromatic N) is 1. The van der Waals surface area contributed by atoms with Crippen molar-refractivity contribution in [3.63, 3.8) is 0 Å². The first-order valence-electron chi connectivity index (χ1n) is 5.59. The molecule has 0 fully saturated rings. The van der Waals surface area contributed by atoms with E-state index in [9.17, 15) is 4.79 Å². The summed E-state index contributed by atoms with van der Waals surface area (Å²) < 4.78 is 0. The van der Waals surface area contributed by atoms with Gasteiger partial charge in [0.2, 0.25) is 5.91 Å². The van der Waals surface area contributed by atoms with Gasteiger partial charge in [0.25, 0.3) is 0 Å². The fourth-order valence-corrected chi connectivity index (χ4v) is 2.88. The molecule has 0 bridgehead atoms. The highest BCUT2D eigenvalue weighted by molar-refractivity contribution is 7.16. The first-order chi connectivity index (χ1) is 8.29. The third-order valence-corrected chi connectivity index (χ3v) is 3.93. The van der Waals surface area contributed by atoms with Gasteiger partial charge in [0.05, 0.1) is 10.6 Å². The van der Waals surface area contributed by atoms with E-state index in [-0.39, 0.29) is 5.91 Å². The van der Waals surface area contributed by atoms with E-state index in [4.69, 9.17) is 0 Å². The molecule has 3 nitrogen and oxygen atoms in total. The van der Waals surface area contributed by atoms with Crippen LogP contribution in [0.5, 0.6) is 0 Å². The Balaban J connectivity index is 1.97. The zero-order chi connectivity index (χ0) is 12.1. The van der Waals surface area contributed by atoms with Crippen LogP contribution in [0.25, 0.3) is 10.6 Å². The highest BCUT2D eigenvalue weighted by Gasteiger charge is 2.07. The monoisotopic (exact) mass is 266 g/mol. The zero-order valence-electron chi connectivity index (χ0n) is 9.60. The SMILES string of the molecule is CCCCC(=O)Nc1nc(-c2cccs2)cs1. The molecule has 0 unspecified atom stereocenters. The van der Waals surface area contributed by atoms with Crippen molar-refractivity contribution in [1.29, 1.82) is 0 Å². The summed E-state index contributed by atoms with van der Waals surface area (Å²) in [6.45, 7) is 2.07. The van der Waals surface area contributed by atoms with Crippen molar-refractivity contribution in [1.82, 2.24) is 4.98 Å². The molecule has 0 aromatic carbocycles. The average Bonchev–Trinajstić information content (AvgIpc) is 2.95. The number of rotatable bonds is 5. The standard InChI is InChI=1S/C12H14N2OS2/c1-2-3-6-11(15)14-12-13-9(8-17-12)10-5-4-7-16-10/h4-5,7-8H,2-3,6H2,1H3,(H,13,14,15). The lowest BCUT2D eigenvalue weighted by atomic mass is 10.2. The van der Waals surface area contributed by atoms with Crippen LogP contribution in [0.15, 0.2) is 22.9 Å². The molecular weight excluding hydrogens is 252 g/mol. The van der Waals surface area contributed by atoms with Gasteiger partial charge in [-0.05, 0) is 17.9 Å². The van der Waals surface area contributed by atoms with Gasteiger partial charge in [-0.3, -0.25) is 4.79 Å². The van der Waals surface area contributed by atoms with Crippen LogP contribution in [0.2, 0.25) is 0 Å². The normalized spacial score (nSPS) is 10.4. The second kappa shape index (κ2) is 5.93. The predicted molar refractivity (Wildman–Crippen MR) is 73.6 cm³/mol. The Morgan fingerprint density at radius 3 is 3.06 bits per heavy atom. The molecule has 0 radical (unpaired) electrons. The Morgan fingerprint density at radius 1 is 1.47 bits per heavy atom. The van der Waals surface area contributed by atoms with Crippen LogP contribution in [0.1, 0.15) is 26.2 Å². The van der Waals surface area contributed by atoms with Crippen molar-refractivity contribution in [2.45, 2.75) is 26.2 Å². The molecule has 0 saturated heterocycles. The predicted octanol–water partition coefficient (Wildman–Crippen LogP) is 4.00. The molecule has 5 heteroatoms. The second-order valence-electron chi connectivity index (χ2n) is 3.67. The van der Waals surface area contributed by atoms with Gasteiger partial charge in [0.1, 0.15) is 0 Å². The van der Waals surface area contributed by atoms with E-state index in [1.165, 1.54) is 11.3 Å². The van der Waals surface area contributed by atoms with Crippen LogP contribution in [0.3, 0.4) is 0 Å². The molecule has 0 aliphatic carbocycles. The van der Waals surface area contributed by atoms with Gasteiger partial charge in [-0.1, -0.05) is 19.4 Å². The summed E-state index contributed by atoms with van der Waals surface area (Å²) in [7, 11) is 0. The highest BCUT2D eigenvalue weighted by atomic mass is 32.1. The largest absolute Gasteiger partial charge is 0.302 e. The minimum absolute atomic E-state index is 0.0546. The van der Waals surface area contributed by atoms with Crippen LogP contribution in [0, 0.1) is 0 Å². The van der Waals surface area contributed by atoms with Gasteiger partial charge in [-0.25, -0.2) is 4.98 Å². The number of carbonyl (C=O) groups excluding carboxylic acids is 1. The lowest BCUT2D eigenvalue weighted by molar-refractivity contribution is -0.116. The number of anilines is 1. The second-order valence-corrected chi connectivity index (χ2v) is 5.47. The maximum atomic E-state index is 11.5. The first kappa shape index (κ1) is 12.3. The minimum atomic E-state index is 0.0546. The topological polar surface area (TPSA) is 42.0 Å². The molecule has 2 aromatic rings. The molecule has 1 amide bonds. The van der Waals surface area contributed by atoms with E-state index in [1.807, 2.05) is 22.9 Å². The Bertz CT molecular complexity index is 476. The van der Waals surface area contributed by atoms with Gasteiger partial charge in [-0.2, -0.15) is 0 Å². The van der Waals surface area contributed by atoms with Crippen molar-refractivity contribution in [2.75, 3.05) is 5.32 Å². The quantitative estimate of drug-likeness (QED) is 0.888. The van der Waals surface area contributed by atoms with Crippen molar-refractivity contribution >= 4 is 33.7 Å². The van der Waals surface area contributed by atoms with Crippen LogP contribution < -0.4 is 5.32 Å². The zero-order valence-corrected chi connectivity index (χ0v) is 11.2. The number of hydrogen-bond donors (Lipinski definition) is 1. The molecule has 0 spiro atoms. The van der Waals surface area contributed by atoms with Gasteiger partial charge in [0, 0.05) is 11.8 Å². The van der Waals surface area contributed by atoms with Crippen LogP contribution in [-0.2, 0) is 4.79 Å². The van der Waals surface area contributed by atoms with Gasteiger partial charge in [-0.15, -0.1) is 22.7 Å². The molecule has 2 aromatic heterocycles. The molecule has 2 heterocycles. The maximum Gasteiger partial charge on any atom is 0.226 e. The number of amides is 1. The maximum absolute atomic E-state index is 11.5. The van der Waals surface area contributed by atoms with Crippen LogP contribution in [0.4, 0.5) is 5.13 Å². The first-order valence-corrected chi connectivity index (χ1v) is 7.34. The van der Waals surface area contributed by atoms with Gasteiger partial charge in [0.15, 0.2) is 5.13 Å². The molecule has 0 aliphatic rings. The summed E-state index contributed by atoms with van der Waals surface area (Å²) in [6.07, 6.45) is 2.53. The Labute approximate surface area is 109 Å². The summed E-state index contributed by atoms with van der Waals surface area (Å²) in [4.78, 5) is 17.1. The molecule has 0 aliphatic heterocycles. The number of nitrogens with one attached hydrogen (secondary N) is 1. The Hall–Kier alpha value is -1.20. The van der Waals surface area contributed by atoms with Crippen LogP contribution in [-0.4, -0.2) is 10.9 Å². The van der Waals surface area contributed by atoms with E-state index in [0.29, 0.717) is 11.6 Å². The molecule has 2 rings (SSSR count). The molecule has 0 saturated carbocycles. The number of hydrogen-bond acceptors (Lipinski definition) is 4. The summed E-state index contributed by atoms with van der Waals surface area (Å²) in [5.74, 6) is 0.0546. The third kappa shape index (κ3) is 3.38.